The summed E-state index contributed by atoms with van der Waals surface area (Å²) < 4.78 is 4.63. The SMILES string of the molecule is CCC(=CCN1CCCC1=O)C(=O)OC. The Morgan fingerprint density at radius 3 is 2.80 bits per heavy atom. The van der Waals surface area contributed by atoms with E-state index >= 15 is 0 Å². The van der Waals surface area contributed by atoms with Gasteiger partial charge >= 0.3 is 5.97 Å². The summed E-state index contributed by atoms with van der Waals surface area (Å²) in [4.78, 5) is 24.3. The number of ether oxygens (including phenoxy) is 1. The van der Waals surface area contributed by atoms with Crippen molar-refractivity contribution in [3.05, 3.63) is 11.6 Å². The van der Waals surface area contributed by atoms with E-state index in [1.807, 2.05) is 6.92 Å². The van der Waals surface area contributed by atoms with E-state index in [4.69, 9.17) is 0 Å². The zero-order valence-corrected chi connectivity index (χ0v) is 9.28. The summed E-state index contributed by atoms with van der Waals surface area (Å²) >= 11 is 0. The molecule has 4 heteroatoms. The van der Waals surface area contributed by atoms with Gasteiger partial charge in [0, 0.05) is 25.1 Å². The third kappa shape index (κ3) is 3.08. The van der Waals surface area contributed by atoms with Crippen LogP contribution in [0.25, 0.3) is 0 Å². The van der Waals surface area contributed by atoms with Gasteiger partial charge in [-0.25, -0.2) is 4.79 Å². The van der Waals surface area contributed by atoms with Crippen molar-refractivity contribution in [1.29, 1.82) is 0 Å². The summed E-state index contributed by atoms with van der Waals surface area (Å²) in [5.74, 6) is -0.129. The Kier molecular flexibility index (Phi) is 4.34. The van der Waals surface area contributed by atoms with Gasteiger partial charge in [-0.3, -0.25) is 4.79 Å². The van der Waals surface area contributed by atoms with Gasteiger partial charge in [0.1, 0.15) is 0 Å². The first kappa shape index (κ1) is 11.8. The molecule has 0 spiro atoms. The van der Waals surface area contributed by atoms with Gasteiger partial charge in [0.15, 0.2) is 0 Å². The minimum atomic E-state index is -0.302. The molecule has 0 atom stereocenters. The Bertz CT molecular complexity index is 284. The van der Waals surface area contributed by atoms with E-state index in [0.717, 1.165) is 13.0 Å². The van der Waals surface area contributed by atoms with Gasteiger partial charge in [-0.2, -0.15) is 0 Å². The molecule has 15 heavy (non-hydrogen) atoms. The molecule has 0 aromatic carbocycles. The molecular weight excluding hydrogens is 194 g/mol. The summed E-state index contributed by atoms with van der Waals surface area (Å²) in [6.07, 6.45) is 3.98. The van der Waals surface area contributed by atoms with Crippen LogP contribution in [0.5, 0.6) is 0 Å². The molecule has 1 rings (SSSR count). The molecule has 0 aliphatic carbocycles. The molecule has 0 bridgehead atoms. The normalized spacial score (nSPS) is 17.1. The Labute approximate surface area is 89.9 Å². The molecule has 84 valence electrons. The molecule has 1 saturated heterocycles. The van der Waals surface area contributed by atoms with E-state index in [9.17, 15) is 9.59 Å². The first-order valence-corrected chi connectivity index (χ1v) is 5.24. The van der Waals surface area contributed by atoms with Crippen LogP contribution >= 0.6 is 0 Å². The lowest BCUT2D eigenvalue weighted by Gasteiger charge is -2.13. The highest BCUT2D eigenvalue weighted by atomic mass is 16.5. The highest BCUT2D eigenvalue weighted by Crippen LogP contribution is 2.10. The summed E-state index contributed by atoms with van der Waals surface area (Å²) in [7, 11) is 1.37. The second-order valence-electron chi connectivity index (χ2n) is 3.52. The van der Waals surface area contributed by atoms with Crippen LogP contribution in [-0.2, 0) is 14.3 Å². The number of esters is 1. The summed E-state index contributed by atoms with van der Waals surface area (Å²) in [5.41, 5.74) is 0.636. The van der Waals surface area contributed by atoms with Gasteiger partial charge in [-0.1, -0.05) is 13.0 Å². The minimum absolute atomic E-state index is 0.173. The number of carbonyl (C=O) groups excluding carboxylic acids is 2. The molecule has 0 saturated carbocycles. The highest BCUT2D eigenvalue weighted by Gasteiger charge is 2.19. The first-order chi connectivity index (χ1) is 7.19. The maximum absolute atomic E-state index is 11.3. The third-order valence-electron chi connectivity index (χ3n) is 2.56. The van der Waals surface area contributed by atoms with Crippen molar-refractivity contribution in [2.75, 3.05) is 20.2 Å². The van der Waals surface area contributed by atoms with E-state index in [-0.39, 0.29) is 11.9 Å². The Morgan fingerprint density at radius 2 is 2.33 bits per heavy atom. The van der Waals surface area contributed by atoms with Gasteiger partial charge in [0.2, 0.25) is 5.91 Å². The standard InChI is InChI=1S/C11H17NO3/c1-3-9(11(14)15-2)6-8-12-7-4-5-10(12)13/h6H,3-5,7-8H2,1-2H3. The monoisotopic (exact) mass is 211 g/mol. The van der Waals surface area contributed by atoms with E-state index in [2.05, 4.69) is 4.74 Å². The molecule has 0 N–H and O–H groups in total. The Morgan fingerprint density at radius 1 is 1.60 bits per heavy atom. The van der Waals surface area contributed by atoms with Crippen LogP contribution in [0, 0.1) is 0 Å². The fourth-order valence-corrected chi connectivity index (χ4v) is 1.62. The van der Waals surface area contributed by atoms with Crippen molar-refractivity contribution < 1.29 is 14.3 Å². The van der Waals surface area contributed by atoms with Gasteiger partial charge in [-0.05, 0) is 12.8 Å². The largest absolute Gasteiger partial charge is 0.466 e. The van der Waals surface area contributed by atoms with Gasteiger partial charge in [0.25, 0.3) is 0 Å². The van der Waals surface area contributed by atoms with Gasteiger partial charge in [-0.15, -0.1) is 0 Å². The predicted octanol–water partition coefficient (Wildman–Crippen LogP) is 1.12. The van der Waals surface area contributed by atoms with Crippen LogP contribution in [0.3, 0.4) is 0 Å². The Balaban J connectivity index is 2.53. The van der Waals surface area contributed by atoms with Crippen molar-refractivity contribution >= 4 is 11.9 Å². The highest BCUT2D eigenvalue weighted by molar-refractivity contribution is 5.88. The summed E-state index contributed by atoms with van der Waals surface area (Å²) in [6, 6.07) is 0. The average Bonchev–Trinajstić information content (AvgIpc) is 2.65. The first-order valence-electron chi connectivity index (χ1n) is 5.24. The molecular formula is C11H17NO3. The van der Waals surface area contributed by atoms with Crippen LogP contribution in [0.15, 0.2) is 11.6 Å². The number of hydrogen-bond acceptors (Lipinski definition) is 3. The van der Waals surface area contributed by atoms with Crippen LogP contribution in [0.1, 0.15) is 26.2 Å². The predicted molar refractivity (Wildman–Crippen MR) is 56.2 cm³/mol. The second kappa shape index (κ2) is 5.53. The second-order valence-corrected chi connectivity index (χ2v) is 3.52. The fraction of sp³-hybridized carbons (Fsp3) is 0.636. The number of rotatable bonds is 4. The zero-order valence-electron chi connectivity index (χ0n) is 9.28. The van der Waals surface area contributed by atoms with Crippen LogP contribution in [0.4, 0.5) is 0 Å². The number of carbonyl (C=O) groups is 2. The topological polar surface area (TPSA) is 46.6 Å². The molecule has 1 heterocycles. The quantitative estimate of drug-likeness (QED) is 0.517. The van der Waals surface area contributed by atoms with E-state index in [1.54, 1.807) is 11.0 Å². The lowest BCUT2D eigenvalue weighted by atomic mass is 10.2. The number of hydrogen-bond donors (Lipinski definition) is 0. The van der Waals surface area contributed by atoms with Crippen LogP contribution in [-0.4, -0.2) is 37.0 Å². The molecule has 1 aliphatic rings. The van der Waals surface area contributed by atoms with Crippen molar-refractivity contribution in [3.8, 4) is 0 Å². The summed E-state index contributed by atoms with van der Waals surface area (Å²) in [6.45, 7) is 3.22. The molecule has 0 aromatic heterocycles. The molecule has 0 unspecified atom stereocenters. The lowest BCUT2D eigenvalue weighted by Crippen LogP contribution is -2.25. The van der Waals surface area contributed by atoms with E-state index < -0.39 is 0 Å². The average molecular weight is 211 g/mol. The van der Waals surface area contributed by atoms with Gasteiger partial charge < -0.3 is 9.64 Å². The van der Waals surface area contributed by atoms with Crippen molar-refractivity contribution in [2.45, 2.75) is 26.2 Å². The minimum Gasteiger partial charge on any atom is -0.466 e. The Hall–Kier alpha value is -1.32. The van der Waals surface area contributed by atoms with Crippen molar-refractivity contribution in [3.63, 3.8) is 0 Å². The van der Waals surface area contributed by atoms with E-state index in [1.165, 1.54) is 7.11 Å². The van der Waals surface area contributed by atoms with Crippen LogP contribution in [0.2, 0.25) is 0 Å². The molecule has 0 aromatic rings. The van der Waals surface area contributed by atoms with Crippen LogP contribution < -0.4 is 0 Å². The molecule has 1 aliphatic heterocycles. The number of likely N-dealkylation sites (tertiary alicyclic amines) is 1. The maximum atomic E-state index is 11.3. The zero-order chi connectivity index (χ0) is 11.3. The molecule has 4 nitrogen and oxygen atoms in total. The summed E-state index contributed by atoms with van der Waals surface area (Å²) in [5, 5.41) is 0. The smallest absolute Gasteiger partial charge is 0.333 e. The molecule has 1 amide bonds. The maximum Gasteiger partial charge on any atom is 0.333 e. The number of amides is 1. The third-order valence-corrected chi connectivity index (χ3v) is 2.56. The lowest BCUT2D eigenvalue weighted by molar-refractivity contribution is -0.136. The van der Waals surface area contributed by atoms with Crippen molar-refractivity contribution in [1.82, 2.24) is 4.90 Å². The number of nitrogens with zero attached hydrogens (tertiary/aromatic N) is 1. The molecule has 0 radical (unpaired) electrons. The fourth-order valence-electron chi connectivity index (χ4n) is 1.62. The molecule has 1 fully saturated rings. The van der Waals surface area contributed by atoms with Gasteiger partial charge in [0.05, 0.1) is 7.11 Å². The number of methoxy groups -OCH3 is 1. The van der Waals surface area contributed by atoms with Crippen molar-refractivity contribution in [2.24, 2.45) is 0 Å². The van der Waals surface area contributed by atoms with E-state index in [0.29, 0.717) is 25.0 Å².